The van der Waals surface area contributed by atoms with E-state index in [0.29, 0.717) is 0 Å². The molecule has 0 spiro atoms. The van der Waals surface area contributed by atoms with E-state index >= 15 is 0 Å². The summed E-state index contributed by atoms with van der Waals surface area (Å²) in [5.41, 5.74) is 0.976. The second-order valence-electron chi connectivity index (χ2n) is 4.32. The van der Waals surface area contributed by atoms with Gasteiger partial charge >= 0.3 is 0 Å². The van der Waals surface area contributed by atoms with Gasteiger partial charge in [0.25, 0.3) is 0 Å². The molecule has 2 heterocycles. The number of aryl methyl sites for hydroxylation is 1. The largest absolute Gasteiger partial charge is 0.396 e. The summed E-state index contributed by atoms with van der Waals surface area (Å²) < 4.78 is 5.55. The molecular formula is C11H17NO2S. The highest BCUT2D eigenvalue weighted by Gasteiger charge is 2.41. The number of thiazole rings is 1. The Hall–Kier alpha value is -0.450. The van der Waals surface area contributed by atoms with Gasteiger partial charge < -0.3 is 9.84 Å². The normalized spacial score (nSPS) is 31.0. The molecule has 0 saturated carbocycles. The molecule has 15 heavy (non-hydrogen) atoms. The number of hydrogen-bond acceptors (Lipinski definition) is 4. The van der Waals surface area contributed by atoms with E-state index in [-0.39, 0.29) is 18.1 Å². The summed E-state index contributed by atoms with van der Waals surface area (Å²) in [7, 11) is 0. The van der Waals surface area contributed by atoms with Crippen molar-refractivity contribution in [2.75, 3.05) is 13.2 Å². The van der Waals surface area contributed by atoms with E-state index in [2.05, 4.69) is 10.4 Å². The molecule has 1 aliphatic rings. The second-order valence-corrected chi connectivity index (χ2v) is 5.38. The van der Waals surface area contributed by atoms with Crippen molar-refractivity contribution in [2.45, 2.75) is 32.8 Å². The van der Waals surface area contributed by atoms with Gasteiger partial charge in [-0.15, -0.1) is 11.3 Å². The SMILES string of the molecule is Cc1nc(CC2(CO)CCOC2C)cs1. The molecule has 3 nitrogen and oxygen atoms in total. The first-order valence-corrected chi connectivity index (χ1v) is 6.18. The number of aliphatic hydroxyl groups is 1. The van der Waals surface area contributed by atoms with E-state index in [4.69, 9.17) is 4.74 Å². The third-order valence-corrected chi connectivity index (χ3v) is 4.17. The molecular weight excluding hydrogens is 210 g/mol. The maximum atomic E-state index is 9.55. The highest BCUT2D eigenvalue weighted by molar-refractivity contribution is 7.09. The van der Waals surface area contributed by atoms with Crippen molar-refractivity contribution in [3.05, 3.63) is 16.1 Å². The van der Waals surface area contributed by atoms with Crippen molar-refractivity contribution in [2.24, 2.45) is 5.41 Å². The van der Waals surface area contributed by atoms with Gasteiger partial charge in [-0.3, -0.25) is 0 Å². The Morgan fingerprint density at radius 1 is 1.73 bits per heavy atom. The molecule has 84 valence electrons. The lowest BCUT2D eigenvalue weighted by Crippen LogP contribution is -2.35. The van der Waals surface area contributed by atoms with E-state index in [0.717, 1.165) is 30.2 Å². The van der Waals surface area contributed by atoms with Crippen LogP contribution in [0.1, 0.15) is 24.0 Å². The number of nitrogens with zero attached hydrogens (tertiary/aromatic N) is 1. The van der Waals surface area contributed by atoms with Gasteiger partial charge in [-0.05, 0) is 20.3 Å². The lowest BCUT2D eigenvalue weighted by Gasteiger charge is -2.29. The van der Waals surface area contributed by atoms with Crippen molar-refractivity contribution >= 4 is 11.3 Å². The highest BCUT2D eigenvalue weighted by Crippen LogP contribution is 2.37. The van der Waals surface area contributed by atoms with Crippen LogP contribution in [-0.4, -0.2) is 29.4 Å². The number of aromatic nitrogens is 1. The van der Waals surface area contributed by atoms with E-state index in [1.54, 1.807) is 11.3 Å². The summed E-state index contributed by atoms with van der Waals surface area (Å²) >= 11 is 1.66. The van der Waals surface area contributed by atoms with Gasteiger partial charge in [-0.1, -0.05) is 0 Å². The third kappa shape index (κ3) is 2.07. The van der Waals surface area contributed by atoms with Gasteiger partial charge in [0.05, 0.1) is 23.4 Å². The van der Waals surface area contributed by atoms with E-state index in [9.17, 15) is 5.11 Å². The fourth-order valence-corrected chi connectivity index (χ4v) is 2.78. The first kappa shape index (κ1) is 11.0. The minimum atomic E-state index is -0.111. The molecule has 2 rings (SSSR count). The highest BCUT2D eigenvalue weighted by atomic mass is 32.1. The molecule has 2 atom stereocenters. The number of hydrogen-bond donors (Lipinski definition) is 1. The number of rotatable bonds is 3. The quantitative estimate of drug-likeness (QED) is 0.856. The Kier molecular flexibility index (Phi) is 3.09. The lowest BCUT2D eigenvalue weighted by molar-refractivity contribution is 0.0267. The molecule has 1 aromatic heterocycles. The van der Waals surface area contributed by atoms with Crippen LogP contribution < -0.4 is 0 Å². The Bertz CT molecular complexity index is 339. The Morgan fingerprint density at radius 3 is 3.00 bits per heavy atom. The topological polar surface area (TPSA) is 42.4 Å². The molecule has 1 N–H and O–H groups in total. The molecule has 1 saturated heterocycles. The zero-order valence-corrected chi connectivity index (χ0v) is 10.0. The summed E-state index contributed by atoms with van der Waals surface area (Å²) in [6.07, 6.45) is 1.89. The summed E-state index contributed by atoms with van der Waals surface area (Å²) in [6, 6.07) is 0. The average Bonchev–Trinajstić information content (AvgIpc) is 2.76. The van der Waals surface area contributed by atoms with Crippen molar-refractivity contribution in [1.82, 2.24) is 4.98 Å². The van der Waals surface area contributed by atoms with Crippen molar-refractivity contribution in [1.29, 1.82) is 0 Å². The van der Waals surface area contributed by atoms with E-state index in [1.165, 1.54) is 0 Å². The summed E-state index contributed by atoms with van der Waals surface area (Å²) in [6.45, 7) is 4.99. The summed E-state index contributed by atoms with van der Waals surface area (Å²) in [4.78, 5) is 4.45. The van der Waals surface area contributed by atoms with Crippen molar-refractivity contribution < 1.29 is 9.84 Å². The van der Waals surface area contributed by atoms with Gasteiger partial charge in [-0.25, -0.2) is 4.98 Å². The first-order valence-electron chi connectivity index (χ1n) is 5.30. The standard InChI is InChI=1S/C11H17NO2S/c1-8-11(7-13,3-4-14-8)5-10-6-15-9(2)12-10/h6,8,13H,3-5,7H2,1-2H3. The number of ether oxygens (including phenoxy) is 1. The predicted molar refractivity (Wildman–Crippen MR) is 60.1 cm³/mol. The molecule has 0 aliphatic carbocycles. The van der Waals surface area contributed by atoms with Gasteiger partial charge in [0.2, 0.25) is 0 Å². The molecule has 1 fully saturated rings. The fourth-order valence-electron chi connectivity index (χ4n) is 2.16. The van der Waals surface area contributed by atoms with Gasteiger partial charge in [0, 0.05) is 23.8 Å². The molecule has 1 aliphatic heterocycles. The molecule has 0 amide bonds. The van der Waals surface area contributed by atoms with Crippen molar-refractivity contribution in [3.8, 4) is 0 Å². The third-order valence-electron chi connectivity index (χ3n) is 3.34. The maximum absolute atomic E-state index is 9.55. The van der Waals surface area contributed by atoms with Crippen LogP contribution in [0.15, 0.2) is 5.38 Å². The van der Waals surface area contributed by atoms with Crippen LogP contribution in [0.5, 0.6) is 0 Å². The molecule has 2 unspecified atom stereocenters. The van der Waals surface area contributed by atoms with Crippen LogP contribution in [0.4, 0.5) is 0 Å². The Balaban J connectivity index is 2.14. The second kappa shape index (κ2) is 4.20. The Morgan fingerprint density at radius 2 is 2.53 bits per heavy atom. The lowest BCUT2D eigenvalue weighted by atomic mass is 9.78. The van der Waals surface area contributed by atoms with Crippen LogP contribution in [-0.2, 0) is 11.2 Å². The molecule has 1 aromatic rings. The zero-order valence-electron chi connectivity index (χ0n) is 9.19. The fraction of sp³-hybridized carbons (Fsp3) is 0.727. The average molecular weight is 227 g/mol. The van der Waals surface area contributed by atoms with E-state index in [1.807, 2.05) is 13.8 Å². The monoisotopic (exact) mass is 227 g/mol. The van der Waals surface area contributed by atoms with Crippen LogP contribution >= 0.6 is 11.3 Å². The first-order chi connectivity index (χ1) is 7.16. The van der Waals surface area contributed by atoms with Crippen LogP contribution in [0.3, 0.4) is 0 Å². The minimum absolute atomic E-state index is 0.111. The van der Waals surface area contributed by atoms with Gasteiger partial charge in [-0.2, -0.15) is 0 Å². The number of aliphatic hydroxyl groups excluding tert-OH is 1. The smallest absolute Gasteiger partial charge is 0.0897 e. The van der Waals surface area contributed by atoms with Crippen LogP contribution in [0, 0.1) is 12.3 Å². The minimum Gasteiger partial charge on any atom is -0.396 e. The van der Waals surface area contributed by atoms with Gasteiger partial charge in [0.1, 0.15) is 0 Å². The Labute approximate surface area is 94.1 Å². The zero-order chi connectivity index (χ0) is 10.9. The van der Waals surface area contributed by atoms with Crippen molar-refractivity contribution in [3.63, 3.8) is 0 Å². The van der Waals surface area contributed by atoms with E-state index < -0.39 is 0 Å². The van der Waals surface area contributed by atoms with Crippen LogP contribution in [0.2, 0.25) is 0 Å². The molecule has 4 heteroatoms. The van der Waals surface area contributed by atoms with Gasteiger partial charge in [0.15, 0.2) is 0 Å². The maximum Gasteiger partial charge on any atom is 0.0897 e. The summed E-state index contributed by atoms with van der Waals surface area (Å²) in [5, 5.41) is 12.7. The summed E-state index contributed by atoms with van der Waals surface area (Å²) in [5.74, 6) is 0. The molecule has 0 radical (unpaired) electrons. The predicted octanol–water partition coefficient (Wildman–Crippen LogP) is 1.78. The molecule has 0 aromatic carbocycles. The van der Waals surface area contributed by atoms with Crippen LogP contribution in [0.25, 0.3) is 0 Å². The molecule has 0 bridgehead atoms.